The molecule has 2 aromatic rings. The average molecular weight is 265 g/mol. The van der Waals surface area contributed by atoms with Gasteiger partial charge in [-0.25, -0.2) is 4.98 Å². The molecule has 0 spiro atoms. The van der Waals surface area contributed by atoms with E-state index in [9.17, 15) is 4.79 Å². The molecule has 0 aliphatic heterocycles. The molecule has 0 fully saturated rings. The molecule has 0 aliphatic carbocycles. The molecule has 1 amide bonds. The van der Waals surface area contributed by atoms with Crippen LogP contribution in [0.4, 0.5) is 5.69 Å². The fourth-order valence-corrected chi connectivity index (χ4v) is 2.75. The molecule has 0 aromatic carbocycles. The maximum absolute atomic E-state index is 12.0. The summed E-state index contributed by atoms with van der Waals surface area (Å²) in [4.78, 5) is 17.4. The van der Waals surface area contributed by atoms with E-state index in [-0.39, 0.29) is 18.6 Å². The fraction of sp³-hybridized carbons (Fsp3) is 0.333. The Balaban J connectivity index is 2.43. The van der Waals surface area contributed by atoms with Gasteiger partial charge in [-0.15, -0.1) is 11.3 Å². The first kappa shape index (κ1) is 12.8. The summed E-state index contributed by atoms with van der Waals surface area (Å²) in [5.41, 5.74) is 7.47. The number of nitrogens with zero attached hydrogens (tertiary/aromatic N) is 1. The van der Waals surface area contributed by atoms with Crippen molar-refractivity contribution in [1.82, 2.24) is 10.3 Å². The second-order valence-electron chi connectivity index (χ2n) is 4.21. The van der Waals surface area contributed by atoms with Crippen LogP contribution in [0.2, 0.25) is 0 Å². The van der Waals surface area contributed by atoms with Gasteiger partial charge in [0.2, 0.25) is 0 Å². The molecule has 5 nitrogen and oxygen atoms in total. The third kappa shape index (κ3) is 2.16. The van der Waals surface area contributed by atoms with Gasteiger partial charge in [0.05, 0.1) is 12.3 Å². The summed E-state index contributed by atoms with van der Waals surface area (Å²) in [6.45, 7) is 3.56. The normalized spacial score (nSPS) is 12.6. The van der Waals surface area contributed by atoms with Crippen LogP contribution in [-0.2, 0) is 0 Å². The molecule has 18 heavy (non-hydrogen) atoms. The molecule has 2 heterocycles. The SMILES string of the molecule is Cc1ccnc2sc(C(=O)NC(C)CO)c(N)c12. The lowest BCUT2D eigenvalue weighted by Gasteiger charge is -2.09. The summed E-state index contributed by atoms with van der Waals surface area (Å²) in [6.07, 6.45) is 1.70. The monoisotopic (exact) mass is 265 g/mol. The molecular formula is C12H15N3O2S. The Morgan fingerprint density at radius 2 is 2.39 bits per heavy atom. The van der Waals surface area contributed by atoms with Crippen LogP contribution >= 0.6 is 11.3 Å². The molecule has 0 saturated carbocycles. The van der Waals surface area contributed by atoms with Crippen molar-refractivity contribution in [3.63, 3.8) is 0 Å². The van der Waals surface area contributed by atoms with Crippen molar-refractivity contribution in [3.8, 4) is 0 Å². The minimum Gasteiger partial charge on any atom is -0.397 e. The number of aromatic nitrogens is 1. The van der Waals surface area contributed by atoms with Crippen molar-refractivity contribution in [2.45, 2.75) is 19.9 Å². The number of amides is 1. The van der Waals surface area contributed by atoms with E-state index >= 15 is 0 Å². The highest BCUT2D eigenvalue weighted by atomic mass is 32.1. The molecule has 1 atom stereocenters. The highest BCUT2D eigenvalue weighted by Gasteiger charge is 2.19. The van der Waals surface area contributed by atoms with Gasteiger partial charge in [-0.05, 0) is 25.5 Å². The first-order chi connectivity index (χ1) is 8.54. The third-order valence-corrected chi connectivity index (χ3v) is 3.81. The Hall–Kier alpha value is -1.66. The number of anilines is 1. The fourth-order valence-electron chi connectivity index (χ4n) is 1.71. The van der Waals surface area contributed by atoms with Crippen molar-refractivity contribution in [1.29, 1.82) is 0 Å². The van der Waals surface area contributed by atoms with Gasteiger partial charge in [0.15, 0.2) is 0 Å². The number of rotatable bonds is 3. The Bertz CT molecular complexity index is 594. The minimum absolute atomic E-state index is 0.103. The van der Waals surface area contributed by atoms with Gasteiger partial charge >= 0.3 is 0 Å². The van der Waals surface area contributed by atoms with Crippen LogP contribution in [0.25, 0.3) is 10.2 Å². The average Bonchev–Trinajstić information content (AvgIpc) is 2.68. The molecule has 0 radical (unpaired) electrons. The van der Waals surface area contributed by atoms with Crippen LogP contribution in [0.3, 0.4) is 0 Å². The summed E-state index contributed by atoms with van der Waals surface area (Å²) < 4.78 is 0. The highest BCUT2D eigenvalue weighted by molar-refractivity contribution is 7.21. The lowest BCUT2D eigenvalue weighted by molar-refractivity contribution is 0.0927. The number of carbonyl (C=O) groups excluding carboxylic acids is 1. The number of hydrogen-bond donors (Lipinski definition) is 3. The maximum atomic E-state index is 12.0. The third-order valence-electron chi connectivity index (χ3n) is 2.69. The van der Waals surface area contributed by atoms with Crippen molar-refractivity contribution in [2.75, 3.05) is 12.3 Å². The van der Waals surface area contributed by atoms with Crippen LogP contribution < -0.4 is 11.1 Å². The van der Waals surface area contributed by atoms with Gasteiger partial charge in [-0.1, -0.05) is 0 Å². The number of nitrogens with one attached hydrogen (secondary N) is 1. The minimum atomic E-state index is -0.295. The second kappa shape index (κ2) is 4.91. The van der Waals surface area contributed by atoms with Gasteiger partial charge in [0.25, 0.3) is 5.91 Å². The van der Waals surface area contributed by atoms with Crippen LogP contribution in [-0.4, -0.2) is 28.6 Å². The molecule has 1 unspecified atom stereocenters. The topological polar surface area (TPSA) is 88.2 Å². The van der Waals surface area contributed by atoms with Gasteiger partial charge in [0, 0.05) is 17.6 Å². The summed E-state index contributed by atoms with van der Waals surface area (Å²) in [7, 11) is 0. The van der Waals surface area contributed by atoms with Crippen molar-refractivity contribution in [3.05, 3.63) is 22.7 Å². The number of carbonyl (C=O) groups is 1. The van der Waals surface area contributed by atoms with Crippen LogP contribution in [0.15, 0.2) is 12.3 Å². The van der Waals surface area contributed by atoms with Crippen molar-refractivity contribution in [2.24, 2.45) is 0 Å². The summed E-state index contributed by atoms with van der Waals surface area (Å²) >= 11 is 1.27. The van der Waals surface area contributed by atoms with Crippen LogP contribution in [0.1, 0.15) is 22.2 Å². The Morgan fingerprint density at radius 1 is 1.67 bits per heavy atom. The van der Waals surface area contributed by atoms with Gasteiger partial charge < -0.3 is 16.2 Å². The summed E-state index contributed by atoms with van der Waals surface area (Å²) in [6, 6.07) is 1.57. The number of hydrogen-bond acceptors (Lipinski definition) is 5. The number of thiophene rings is 1. The molecule has 4 N–H and O–H groups in total. The van der Waals surface area contributed by atoms with E-state index in [0.717, 1.165) is 15.8 Å². The Morgan fingerprint density at radius 3 is 3.00 bits per heavy atom. The quantitative estimate of drug-likeness (QED) is 0.780. The van der Waals surface area contributed by atoms with E-state index in [1.807, 2.05) is 13.0 Å². The molecule has 0 saturated heterocycles. The lowest BCUT2D eigenvalue weighted by atomic mass is 10.1. The van der Waals surface area contributed by atoms with E-state index in [1.54, 1.807) is 13.1 Å². The molecule has 2 aromatic heterocycles. The molecular weight excluding hydrogens is 250 g/mol. The van der Waals surface area contributed by atoms with E-state index in [2.05, 4.69) is 10.3 Å². The molecule has 0 aliphatic rings. The number of fused-ring (bicyclic) bond motifs is 1. The van der Waals surface area contributed by atoms with E-state index in [0.29, 0.717) is 10.6 Å². The first-order valence-corrected chi connectivity index (χ1v) is 6.41. The van der Waals surface area contributed by atoms with E-state index < -0.39 is 0 Å². The predicted octanol–water partition coefficient (Wildman–Crippen LogP) is 1.30. The smallest absolute Gasteiger partial charge is 0.263 e. The summed E-state index contributed by atoms with van der Waals surface area (Å²) in [5, 5.41) is 12.4. The van der Waals surface area contributed by atoms with Gasteiger partial charge in [0.1, 0.15) is 9.71 Å². The zero-order valence-corrected chi connectivity index (χ0v) is 11.0. The molecule has 6 heteroatoms. The van der Waals surface area contributed by atoms with E-state index in [4.69, 9.17) is 10.8 Å². The number of nitrogens with two attached hydrogens (primary N) is 1. The molecule has 2 rings (SSSR count). The first-order valence-electron chi connectivity index (χ1n) is 5.60. The Kier molecular flexibility index (Phi) is 3.49. The molecule has 0 bridgehead atoms. The van der Waals surface area contributed by atoms with Gasteiger partial charge in [-0.2, -0.15) is 0 Å². The van der Waals surface area contributed by atoms with Crippen molar-refractivity contribution < 1.29 is 9.90 Å². The zero-order valence-electron chi connectivity index (χ0n) is 10.2. The standard InChI is InChI=1S/C12H15N3O2S/c1-6-3-4-14-12-8(6)9(13)10(18-12)11(17)15-7(2)5-16/h3-4,7,16H,5,13H2,1-2H3,(H,15,17). The van der Waals surface area contributed by atoms with Crippen molar-refractivity contribution >= 4 is 33.1 Å². The maximum Gasteiger partial charge on any atom is 0.263 e. The lowest BCUT2D eigenvalue weighted by Crippen LogP contribution is -2.34. The largest absolute Gasteiger partial charge is 0.397 e. The predicted molar refractivity (Wildman–Crippen MR) is 72.8 cm³/mol. The Labute approximate surface area is 109 Å². The summed E-state index contributed by atoms with van der Waals surface area (Å²) in [5.74, 6) is -0.267. The van der Waals surface area contributed by atoms with E-state index in [1.165, 1.54) is 11.3 Å². The number of aryl methyl sites for hydroxylation is 1. The number of pyridine rings is 1. The zero-order chi connectivity index (χ0) is 13.3. The number of aliphatic hydroxyl groups is 1. The highest BCUT2D eigenvalue weighted by Crippen LogP contribution is 2.34. The van der Waals surface area contributed by atoms with Crippen LogP contribution in [0, 0.1) is 6.92 Å². The second-order valence-corrected chi connectivity index (χ2v) is 5.21. The molecule has 96 valence electrons. The van der Waals surface area contributed by atoms with Crippen LogP contribution in [0.5, 0.6) is 0 Å². The number of nitrogen functional groups attached to an aromatic ring is 1. The van der Waals surface area contributed by atoms with Gasteiger partial charge in [-0.3, -0.25) is 4.79 Å². The number of aliphatic hydroxyl groups excluding tert-OH is 1.